The van der Waals surface area contributed by atoms with Crippen LogP contribution >= 0.6 is 11.3 Å². The third kappa shape index (κ3) is 5.87. The second kappa shape index (κ2) is 9.68. The molecule has 4 rings (SSSR count). The summed E-state index contributed by atoms with van der Waals surface area (Å²) >= 11 is 1.53. The van der Waals surface area contributed by atoms with E-state index in [9.17, 15) is 4.79 Å². The molecule has 0 aliphatic carbocycles. The Morgan fingerprint density at radius 3 is 2.65 bits per heavy atom. The fraction of sp³-hybridized carbons (Fsp3) is 0.208. The van der Waals surface area contributed by atoms with Gasteiger partial charge in [-0.05, 0) is 38.2 Å². The molecule has 6 nitrogen and oxygen atoms in total. The van der Waals surface area contributed by atoms with E-state index in [0.717, 1.165) is 34.2 Å². The number of benzene rings is 2. The molecular weight excluding hydrogens is 406 g/mol. The number of para-hydroxylation sites is 1. The molecule has 2 aromatic heterocycles. The summed E-state index contributed by atoms with van der Waals surface area (Å²) in [4.78, 5) is 19.1. The van der Waals surface area contributed by atoms with Crippen LogP contribution in [0.15, 0.2) is 72.4 Å². The topological polar surface area (TPSA) is 63.1 Å². The van der Waals surface area contributed by atoms with Crippen molar-refractivity contribution in [2.45, 2.75) is 26.4 Å². The molecule has 2 heterocycles. The molecule has 1 N–H and O–H groups in total. The second-order valence-electron chi connectivity index (χ2n) is 7.62. The van der Waals surface area contributed by atoms with Gasteiger partial charge in [0, 0.05) is 35.9 Å². The van der Waals surface area contributed by atoms with Crippen molar-refractivity contribution < 1.29 is 4.79 Å². The number of hydrogen-bond donors (Lipinski definition) is 1. The van der Waals surface area contributed by atoms with E-state index in [1.807, 2.05) is 84.0 Å². The SMILES string of the molecule is Cc1ccc(NC(=O)Cc2nc(CN(C)Cc3cnn(-c4ccccc4)c3)cs2)cc1. The number of thiazole rings is 1. The van der Waals surface area contributed by atoms with Crippen LogP contribution in [0.25, 0.3) is 5.69 Å². The number of carbonyl (C=O) groups is 1. The first-order valence-corrected chi connectivity index (χ1v) is 11.0. The van der Waals surface area contributed by atoms with E-state index in [4.69, 9.17) is 0 Å². The maximum Gasteiger partial charge on any atom is 0.231 e. The zero-order valence-electron chi connectivity index (χ0n) is 17.7. The van der Waals surface area contributed by atoms with Gasteiger partial charge in [0.15, 0.2) is 0 Å². The van der Waals surface area contributed by atoms with Crippen LogP contribution in [0.4, 0.5) is 5.69 Å². The third-order valence-electron chi connectivity index (χ3n) is 4.79. The number of aromatic nitrogens is 3. The molecular formula is C24H25N5OS. The first kappa shape index (κ1) is 21.0. The van der Waals surface area contributed by atoms with E-state index in [0.29, 0.717) is 6.54 Å². The van der Waals surface area contributed by atoms with Crippen molar-refractivity contribution in [3.63, 3.8) is 0 Å². The summed E-state index contributed by atoms with van der Waals surface area (Å²) in [5.41, 5.74) is 5.13. The Balaban J connectivity index is 1.29. The first-order valence-electron chi connectivity index (χ1n) is 10.1. The highest BCUT2D eigenvalue weighted by atomic mass is 32.1. The molecule has 0 aliphatic rings. The minimum atomic E-state index is -0.0496. The number of aryl methyl sites for hydroxylation is 1. The van der Waals surface area contributed by atoms with Crippen LogP contribution in [0.1, 0.15) is 21.8 Å². The summed E-state index contributed by atoms with van der Waals surface area (Å²) in [6.07, 6.45) is 4.23. The van der Waals surface area contributed by atoms with Gasteiger partial charge in [0.1, 0.15) is 5.01 Å². The van der Waals surface area contributed by atoms with E-state index in [1.165, 1.54) is 16.9 Å². The van der Waals surface area contributed by atoms with Gasteiger partial charge in [0.2, 0.25) is 5.91 Å². The minimum absolute atomic E-state index is 0.0496. The van der Waals surface area contributed by atoms with E-state index in [2.05, 4.69) is 27.3 Å². The van der Waals surface area contributed by atoms with Crippen LogP contribution in [0.3, 0.4) is 0 Å². The van der Waals surface area contributed by atoms with Crippen molar-refractivity contribution in [2.24, 2.45) is 0 Å². The van der Waals surface area contributed by atoms with Gasteiger partial charge in [-0.15, -0.1) is 11.3 Å². The highest BCUT2D eigenvalue weighted by Crippen LogP contribution is 2.15. The highest BCUT2D eigenvalue weighted by molar-refractivity contribution is 7.09. The molecule has 0 radical (unpaired) electrons. The number of rotatable bonds is 8. The molecule has 0 unspecified atom stereocenters. The van der Waals surface area contributed by atoms with Crippen molar-refractivity contribution >= 4 is 22.9 Å². The lowest BCUT2D eigenvalue weighted by atomic mass is 10.2. The number of nitrogens with zero attached hydrogens (tertiary/aromatic N) is 4. The summed E-state index contributed by atoms with van der Waals surface area (Å²) in [5, 5.41) is 10.2. The number of amides is 1. The maximum atomic E-state index is 12.3. The molecule has 7 heteroatoms. The second-order valence-corrected chi connectivity index (χ2v) is 8.57. The molecule has 0 atom stereocenters. The predicted octanol–water partition coefficient (Wildman–Crippen LogP) is 4.45. The van der Waals surface area contributed by atoms with Crippen LogP contribution in [0.5, 0.6) is 0 Å². The molecule has 0 aliphatic heterocycles. The number of anilines is 1. The molecule has 2 aromatic carbocycles. The van der Waals surface area contributed by atoms with Crippen molar-refractivity contribution in [3.05, 3.63) is 94.2 Å². The van der Waals surface area contributed by atoms with Gasteiger partial charge in [-0.1, -0.05) is 35.9 Å². The number of hydrogen-bond acceptors (Lipinski definition) is 5. The molecule has 1 amide bonds. The lowest BCUT2D eigenvalue weighted by molar-refractivity contribution is -0.115. The molecule has 0 saturated heterocycles. The average Bonchev–Trinajstić information content (AvgIpc) is 3.40. The largest absolute Gasteiger partial charge is 0.326 e. The van der Waals surface area contributed by atoms with E-state index in [-0.39, 0.29) is 12.3 Å². The van der Waals surface area contributed by atoms with Gasteiger partial charge in [-0.25, -0.2) is 9.67 Å². The first-order chi connectivity index (χ1) is 15.0. The molecule has 0 saturated carbocycles. The fourth-order valence-electron chi connectivity index (χ4n) is 3.29. The third-order valence-corrected chi connectivity index (χ3v) is 5.69. The monoisotopic (exact) mass is 431 g/mol. The average molecular weight is 432 g/mol. The Morgan fingerprint density at radius 1 is 1.10 bits per heavy atom. The number of nitrogens with one attached hydrogen (secondary N) is 1. The van der Waals surface area contributed by atoms with Crippen LogP contribution in [-0.4, -0.2) is 32.6 Å². The van der Waals surface area contributed by atoms with E-state index >= 15 is 0 Å². The van der Waals surface area contributed by atoms with E-state index in [1.54, 1.807) is 0 Å². The van der Waals surface area contributed by atoms with E-state index < -0.39 is 0 Å². The lowest BCUT2D eigenvalue weighted by Crippen LogP contribution is -2.17. The van der Waals surface area contributed by atoms with Crippen molar-refractivity contribution in [1.29, 1.82) is 0 Å². The van der Waals surface area contributed by atoms with Crippen molar-refractivity contribution in [3.8, 4) is 5.69 Å². The Bertz CT molecular complexity index is 1130. The van der Waals surface area contributed by atoms with Gasteiger partial charge in [0.05, 0.1) is 24.0 Å². The summed E-state index contributed by atoms with van der Waals surface area (Å²) < 4.78 is 1.89. The van der Waals surface area contributed by atoms with Crippen LogP contribution < -0.4 is 5.32 Å². The molecule has 0 bridgehead atoms. The Labute approximate surface area is 186 Å². The van der Waals surface area contributed by atoms with Crippen molar-refractivity contribution in [1.82, 2.24) is 19.7 Å². The smallest absolute Gasteiger partial charge is 0.231 e. The lowest BCUT2D eigenvalue weighted by Gasteiger charge is -2.13. The van der Waals surface area contributed by atoms with Gasteiger partial charge >= 0.3 is 0 Å². The standard InChI is InChI=1S/C24H25N5OS/c1-18-8-10-20(11-9-18)26-23(30)12-24-27-21(17-31-24)16-28(2)14-19-13-25-29(15-19)22-6-4-3-5-7-22/h3-11,13,15,17H,12,14,16H2,1-2H3,(H,26,30). The Hall–Kier alpha value is -3.29. The van der Waals surface area contributed by atoms with Gasteiger partial charge in [-0.2, -0.15) is 5.10 Å². The van der Waals surface area contributed by atoms with Gasteiger partial charge in [-0.3, -0.25) is 9.69 Å². The highest BCUT2D eigenvalue weighted by Gasteiger charge is 2.11. The maximum absolute atomic E-state index is 12.3. The van der Waals surface area contributed by atoms with Crippen LogP contribution in [-0.2, 0) is 24.3 Å². The Kier molecular flexibility index (Phi) is 6.54. The number of carbonyl (C=O) groups excluding carboxylic acids is 1. The van der Waals surface area contributed by atoms with Crippen LogP contribution in [0, 0.1) is 6.92 Å². The van der Waals surface area contributed by atoms with Gasteiger partial charge in [0.25, 0.3) is 0 Å². The summed E-state index contributed by atoms with van der Waals surface area (Å²) in [6, 6.07) is 17.9. The molecule has 31 heavy (non-hydrogen) atoms. The van der Waals surface area contributed by atoms with Crippen LogP contribution in [0.2, 0.25) is 0 Å². The Morgan fingerprint density at radius 2 is 1.87 bits per heavy atom. The fourth-order valence-corrected chi connectivity index (χ4v) is 4.07. The molecule has 0 fully saturated rings. The predicted molar refractivity (Wildman–Crippen MR) is 124 cm³/mol. The molecule has 4 aromatic rings. The molecule has 0 spiro atoms. The summed E-state index contributed by atoms with van der Waals surface area (Å²) in [7, 11) is 2.06. The summed E-state index contributed by atoms with van der Waals surface area (Å²) in [6.45, 7) is 3.51. The zero-order valence-corrected chi connectivity index (χ0v) is 18.5. The van der Waals surface area contributed by atoms with Crippen molar-refractivity contribution in [2.75, 3.05) is 12.4 Å². The minimum Gasteiger partial charge on any atom is -0.326 e. The normalized spacial score (nSPS) is 11.1. The summed E-state index contributed by atoms with van der Waals surface area (Å²) in [5.74, 6) is -0.0496. The quantitative estimate of drug-likeness (QED) is 0.448. The molecule has 158 valence electrons. The zero-order chi connectivity index (χ0) is 21.6. The van der Waals surface area contributed by atoms with Gasteiger partial charge < -0.3 is 5.32 Å².